The van der Waals surface area contributed by atoms with Crippen LogP contribution >= 0.6 is 11.3 Å². The van der Waals surface area contributed by atoms with Gasteiger partial charge in [0.05, 0.1) is 5.00 Å². The van der Waals surface area contributed by atoms with Gasteiger partial charge in [-0.15, -0.1) is 11.3 Å². The molecular formula is C8H13NS. The molecule has 0 amide bonds. The van der Waals surface area contributed by atoms with Gasteiger partial charge in [-0.05, 0) is 29.9 Å². The molecule has 1 heterocycles. The molecule has 0 saturated heterocycles. The number of hydrogen-bond donors (Lipinski definition) is 1. The molecule has 0 aromatic carbocycles. The Labute approximate surface area is 65.9 Å². The summed E-state index contributed by atoms with van der Waals surface area (Å²) in [6, 6.07) is 2.07. The van der Waals surface area contributed by atoms with Crippen LogP contribution in [0.1, 0.15) is 25.3 Å². The standard InChI is InChI=1S/C8H13NS/c1-2-3-4-7-5-8(9)10-6-7/h5-6H,2-4,9H2,1H3. The van der Waals surface area contributed by atoms with Crippen LogP contribution in [0.5, 0.6) is 0 Å². The highest BCUT2D eigenvalue weighted by Crippen LogP contribution is 2.17. The Morgan fingerprint density at radius 3 is 2.90 bits per heavy atom. The Morgan fingerprint density at radius 2 is 2.40 bits per heavy atom. The predicted octanol–water partition coefficient (Wildman–Crippen LogP) is 2.67. The van der Waals surface area contributed by atoms with E-state index in [1.165, 1.54) is 24.8 Å². The Balaban J connectivity index is 2.42. The van der Waals surface area contributed by atoms with E-state index in [1.54, 1.807) is 11.3 Å². The van der Waals surface area contributed by atoms with Gasteiger partial charge in [-0.3, -0.25) is 0 Å². The zero-order valence-corrected chi connectivity index (χ0v) is 7.08. The molecule has 0 atom stereocenters. The molecule has 10 heavy (non-hydrogen) atoms. The summed E-state index contributed by atoms with van der Waals surface area (Å²) in [4.78, 5) is 0. The lowest BCUT2D eigenvalue weighted by Gasteiger charge is -1.91. The maximum atomic E-state index is 5.57. The monoisotopic (exact) mass is 155 g/mol. The van der Waals surface area contributed by atoms with Gasteiger partial charge in [0.2, 0.25) is 0 Å². The number of nitrogen functional groups attached to an aromatic ring is 1. The van der Waals surface area contributed by atoms with Crippen LogP contribution < -0.4 is 5.73 Å². The average molecular weight is 155 g/mol. The second kappa shape index (κ2) is 3.62. The lowest BCUT2D eigenvalue weighted by atomic mass is 10.1. The Kier molecular flexibility index (Phi) is 2.75. The molecule has 1 nitrogen and oxygen atoms in total. The van der Waals surface area contributed by atoms with Crippen LogP contribution in [0.3, 0.4) is 0 Å². The quantitative estimate of drug-likeness (QED) is 0.713. The Morgan fingerprint density at radius 1 is 1.60 bits per heavy atom. The van der Waals surface area contributed by atoms with Crippen molar-refractivity contribution in [1.29, 1.82) is 0 Å². The van der Waals surface area contributed by atoms with E-state index in [2.05, 4.69) is 18.4 Å². The summed E-state index contributed by atoms with van der Waals surface area (Å²) >= 11 is 1.63. The number of hydrogen-bond acceptors (Lipinski definition) is 2. The number of thiophene rings is 1. The van der Waals surface area contributed by atoms with Crippen molar-refractivity contribution in [3.63, 3.8) is 0 Å². The van der Waals surface area contributed by atoms with Crippen LogP contribution in [-0.4, -0.2) is 0 Å². The fraction of sp³-hybridized carbons (Fsp3) is 0.500. The first-order chi connectivity index (χ1) is 4.83. The van der Waals surface area contributed by atoms with Crippen molar-refractivity contribution in [3.05, 3.63) is 17.0 Å². The van der Waals surface area contributed by atoms with Crippen LogP contribution in [0.15, 0.2) is 11.4 Å². The summed E-state index contributed by atoms with van der Waals surface area (Å²) in [5.41, 5.74) is 6.96. The highest BCUT2D eigenvalue weighted by atomic mass is 32.1. The van der Waals surface area contributed by atoms with Gasteiger partial charge in [-0.25, -0.2) is 0 Å². The van der Waals surface area contributed by atoms with Crippen LogP contribution in [0.4, 0.5) is 5.00 Å². The summed E-state index contributed by atoms with van der Waals surface area (Å²) in [6.07, 6.45) is 3.72. The lowest BCUT2D eigenvalue weighted by molar-refractivity contribution is 0.797. The molecule has 0 spiro atoms. The molecule has 0 aliphatic carbocycles. The number of nitrogens with two attached hydrogens (primary N) is 1. The normalized spacial score (nSPS) is 10.1. The van der Waals surface area contributed by atoms with Crippen molar-refractivity contribution in [2.24, 2.45) is 0 Å². The summed E-state index contributed by atoms with van der Waals surface area (Å²) < 4.78 is 0. The van der Waals surface area contributed by atoms with Crippen molar-refractivity contribution in [2.45, 2.75) is 26.2 Å². The molecule has 1 rings (SSSR count). The van der Waals surface area contributed by atoms with Crippen molar-refractivity contribution in [3.8, 4) is 0 Å². The number of aryl methyl sites for hydroxylation is 1. The van der Waals surface area contributed by atoms with Crippen LogP contribution in [-0.2, 0) is 6.42 Å². The zero-order valence-electron chi connectivity index (χ0n) is 6.26. The van der Waals surface area contributed by atoms with Gasteiger partial charge in [0, 0.05) is 0 Å². The van der Waals surface area contributed by atoms with Crippen molar-refractivity contribution < 1.29 is 0 Å². The zero-order chi connectivity index (χ0) is 7.40. The Bertz CT molecular complexity index is 193. The summed E-state index contributed by atoms with van der Waals surface area (Å²) in [7, 11) is 0. The molecule has 2 heteroatoms. The Hall–Kier alpha value is -0.500. The molecule has 2 N–H and O–H groups in total. The van der Waals surface area contributed by atoms with Gasteiger partial charge in [0.1, 0.15) is 0 Å². The molecule has 0 fully saturated rings. The van der Waals surface area contributed by atoms with E-state index in [9.17, 15) is 0 Å². The third kappa shape index (κ3) is 2.03. The SMILES string of the molecule is CCCCc1csc(N)c1. The van der Waals surface area contributed by atoms with E-state index in [1.807, 2.05) is 0 Å². The molecule has 1 aromatic heterocycles. The van der Waals surface area contributed by atoms with Gasteiger partial charge in [0.25, 0.3) is 0 Å². The molecule has 56 valence electrons. The molecule has 0 aliphatic rings. The predicted molar refractivity (Wildman–Crippen MR) is 47.3 cm³/mol. The molecular weight excluding hydrogens is 142 g/mol. The minimum absolute atomic E-state index is 0.936. The first-order valence-electron chi connectivity index (χ1n) is 3.66. The highest BCUT2D eigenvalue weighted by molar-refractivity contribution is 7.14. The van der Waals surface area contributed by atoms with Gasteiger partial charge < -0.3 is 5.73 Å². The van der Waals surface area contributed by atoms with E-state index in [-0.39, 0.29) is 0 Å². The molecule has 0 aliphatic heterocycles. The van der Waals surface area contributed by atoms with Crippen molar-refractivity contribution >= 4 is 16.3 Å². The van der Waals surface area contributed by atoms with Gasteiger partial charge >= 0.3 is 0 Å². The van der Waals surface area contributed by atoms with Gasteiger partial charge in [0.15, 0.2) is 0 Å². The largest absolute Gasteiger partial charge is 0.391 e. The highest BCUT2D eigenvalue weighted by Gasteiger charge is 1.94. The molecule has 0 radical (unpaired) electrons. The van der Waals surface area contributed by atoms with E-state index in [0.717, 1.165) is 5.00 Å². The average Bonchev–Trinajstić information content (AvgIpc) is 2.31. The topological polar surface area (TPSA) is 26.0 Å². The third-order valence-corrected chi connectivity index (χ3v) is 2.30. The summed E-state index contributed by atoms with van der Waals surface area (Å²) in [5, 5.41) is 3.08. The van der Waals surface area contributed by atoms with Crippen LogP contribution in [0.25, 0.3) is 0 Å². The first kappa shape index (κ1) is 7.61. The first-order valence-corrected chi connectivity index (χ1v) is 4.53. The second-order valence-electron chi connectivity index (χ2n) is 2.46. The van der Waals surface area contributed by atoms with Gasteiger partial charge in [-0.1, -0.05) is 13.3 Å². The van der Waals surface area contributed by atoms with Gasteiger partial charge in [-0.2, -0.15) is 0 Å². The maximum Gasteiger partial charge on any atom is 0.0859 e. The van der Waals surface area contributed by atoms with Crippen LogP contribution in [0.2, 0.25) is 0 Å². The fourth-order valence-electron chi connectivity index (χ4n) is 0.906. The van der Waals surface area contributed by atoms with Crippen molar-refractivity contribution in [1.82, 2.24) is 0 Å². The van der Waals surface area contributed by atoms with E-state index in [4.69, 9.17) is 5.73 Å². The van der Waals surface area contributed by atoms with Crippen LogP contribution in [0, 0.1) is 0 Å². The molecule has 1 aromatic rings. The van der Waals surface area contributed by atoms with Crippen molar-refractivity contribution in [2.75, 3.05) is 5.73 Å². The third-order valence-electron chi connectivity index (χ3n) is 1.49. The van der Waals surface area contributed by atoms with E-state index >= 15 is 0 Å². The smallest absolute Gasteiger partial charge is 0.0859 e. The maximum absolute atomic E-state index is 5.57. The molecule has 0 saturated carbocycles. The van der Waals surface area contributed by atoms with E-state index < -0.39 is 0 Å². The number of unbranched alkanes of at least 4 members (excludes halogenated alkanes) is 1. The molecule has 0 unspecified atom stereocenters. The molecule has 0 bridgehead atoms. The number of rotatable bonds is 3. The minimum Gasteiger partial charge on any atom is -0.391 e. The summed E-state index contributed by atoms with van der Waals surface area (Å²) in [6.45, 7) is 2.20. The lowest BCUT2D eigenvalue weighted by Crippen LogP contribution is -1.80. The fourth-order valence-corrected chi connectivity index (χ4v) is 1.60. The van der Waals surface area contributed by atoms with E-state index in [0.29, 0.717) is 0 Å². The second-order valence-corrected chi connectivity index (χ2v) is 3.40. The summed E-state index contributed by atoms with van der Waals surface area (Å²) in [5.74, 6) is 0. The minimum atomic E-state index is 0.936. The number of anilines is 1.